The van der Waals surface area contributed by atoms with Gasteiger partial charge in [0.15, 0.2) is 0 Å². The van der Waals surface area contributed by atoms with Crippen LogP contribution in [0.5, 0.6) is 0 Å². The number of nitrogens with zero attached hydrogens (tertiary/aromatic N) is 5. The van der Waals surface area contributed by atoms with Gasteiger partial charge in [0.05, 0.1) is 6.07 Å². The summed E-state index contributed by atoms with van der Waals surface area (Å²) in [4.78, 5) is 16.0. The van der Waals surface area contributed by atoms with Crippen LogP contribution in [0.2, 0.25) is 0 Å². The van der Waals surface area contributed by atoms with Gasteiger partial charge in [0.2, 0.25) is 5.95 Å². The number of hydrogen-bond donors (Lipinski definition) is 1. The fourth-order valence-electron chi connectivity index (χ4n) is 2.50. The van der Waals surface area contributed by atoms with E-state index in [1.54, 1.807) is 12.4 Å². The van der Waals surface area contributed by atoms with Crippen molar-refractivity contribution in [3.63, 3.8) is 0 Å². The highest BCUT2D eigenvalue weighted by atomic mass is 15.3. The molecule has 1 atom stereocenters. The number of H-pyrrole nitrogens is 1. The molecule has 2 aromatic rings. The smallest absolute Gasteiger partial charge is 0.225 e. The SMILES string of the molecule is N#CC(c1ccc[nH]1)N1CCN(c2ncccn2)CC1. The maximum atomic E-state index is 9.38. The number of piperazine rings is 1. The first-order valence-electron chi connectivity index (χ1n) is 6.67. The highest BCUT2D eigenvalue weighted by molar-refractivity contribution is 5.29. The topological polar surface area (TPSA) is 71.8 Å². The third kappa shape index (κ3) is 2.49. The monoisotopic (exact) mass is 268 g/mol. The molecule has 0 spiro atoms. The maximum Gasteiger partial charge on any atom is 0.225 e. The summed E-state index contributed by atoms with van der Waals surface area (Å²) in [6, 6.07) is 7.87. The largest absolute Gasteiger partial charge is 0.363 e. The van der Waals surface area contributed by atoms with Crippen LogP contribution in [0.15, 0.2) is 36.8 Å². The molecular formula is C14H16N6. The lowest BCUT2D eigenvalue weighted by molar-refractivity contribution is 0.218. The summed E-state index contributed by atoms with van der Waals surface area (Å²) in [5.41, 5.74) is 0.955. The number of anilines is 1. The molecule has 6 heteroatoms. The molecule has 0 aliphatic carbocycles. The Hall–Kier alpha value is -2.39. The first-order valence-corrected chi connectivity index (χ1v) is 6.67. The Kier molecular flexibility index (Phi) is 3.61. The molecule has 102 valence electrons. The van der Waals surface area contributed by atoms with E-state index in [4.69, 9.17) is 0 Å². The van der Waals surface area contributed by atoms with E-state index in [1.165, 1.54) is 0 Å². The molecule has 1 saturated heterocycles. The molecule has 1 unspecified atom stereocenters. The van der Waals surface area contributed by atoms with Crippen LogP contribution in [0.25, 0.3) is 0 Å². The van der Waals surface area contributed by atoms with Crippen LogP contribution < -0.4 is 4.90 Å². The van der Waals surface area contributed by atoms with Crippen LogP contribution in [-0.4, -0.2) is 46.0 Å². The maximum absolute atomic E-state index is 9.38. The Labute approximate surface area is 117 Å². The molecule has 2 aromatic heterocycles. The number of nitrogens with one attached hydrogen (secondary N) is 1. The summed E-state index contributed by atoms with van der Waals surface area (Å²) in [5.74, 6) is 0.764. The highest BCUT2D eigenvalue weighted by Gasteiger charge is 2.26. The molecule has 3 heterocycles. The van der Waals surface area contributed by atoms with Crippen molar-refractivity contribution in [1.82, 2.24) is 19.9 Å². The zero-order valence-corrected chi connectivity index (χ0v) is 11.1. The van der Waals surface area contributed by atoms with Crippen molar-refractivity contribution in [3.8, 4) is 6.07 Å². The Bertz CT molecular complexity index is 565. The fourth-order valence-corrected chi connectivity index (χ4v) is 2.50. The molecule has 0 aromatic carbocycles. The van der Waals surface area contributed by atoms with E-state index >= 15 is 0 Å². The zero-order valence-electron chi connectivity index (χ0n) is 11.1. The summed E-state index contributed by atoms with van der Waals surface area (Å²) in [7, 11) is 0. The van der Waals surface area contributed by atoms with Crippen molar-refractivity contribution in [3.05, 3.63) is 42.5 Å². The summed E-state index contributed by atoms with van der Waals surface area (Å²) in [6.45, 7) is 3.33. The molecule has 1 fully saturated rings. The number of hydrogen-bond acceptors (Lipinski definition) is 5. The molecule has 6 nitrogen and oxygen atoms in total. The minimum atomic E-state index is -0.205. The molecule has 0 amide bonds. The van der Waals surface area contributed by atoms with E-state index < -0.39 is 0 Å². The van der Waals surface area contributed by atoms with Crippen molar-refractivity contribution in [1.29, 1.82) is 5.26 Å². The summed E-state index contributed by atoms with van der Waals surface area (Å²) in [5, 5.41) is 9.38. The van der Waals surface area contributed by atoms with E-state index in [0.29, 0.717) is 0 Å². The van der Waals surface area contributed by atoms with Crippen LogP contribution >= 0.6 is 0 Å². The van der Waals surface area contributed by atoms with E-state index in [2.05, 4.69) is 30.8 Å². The van der Waals surface area contributed by atoms with Gasteiger partial charge in [-0.3, -0.25) is 4.90 Å². The molecule has 0 saturated carbocycles. The lowest BCUT2D eigenvalue weighted by Crippen LogP contribution is -2.48. The van der Waals surface area contributed by atoms with Crippen LogP contribution in [0.4, 0.5) is 5.95 Å². The first kappa shape index (κ1) is 12.6. The molecule has 3 rings (SSSR count). The predicted molar refractivity (Wildman–Crippen MR) is 75.0 cm³/mol. The van der Waals surface area contributed by atoms with Gasteiger partial charge in [0, 0.05) is 50.5 Å². The van der Waals surface area contributed by atoms with Gasteiger partial charge < -0.3 is 9.88 Å². The van der Waals surface area contributed by atoms with Gasteiger partial charge >= 0.3 is 0 Å². The Balaban J connectivity index is 1.65. The lowest BCUT2D eigenvalue weighted by Gasteiger charge is -2.36. The second-order valence-corrected chi connectivity index (χ2v) is 4.73. The molecule has 1 N–H and O–H groups in total. The second-order valence-electron chi connectivity index (χ2n) is 4.73. The number of aromatic nitrogens is 3. The van der Waals surface area contributed by atoms with E-state index in [9.17, 15) is 5.26 Å². The van der Waals surface area contributed by atoms with E-state index in [-0.39, 0.29) is 6.04 Å². The van der Waals surface area contributed by atoms with Gasteiger partial charge in [-0.25, -0.2) is 9.97 Å². The molecule has 0 radical (unpaired) electrons. The Morgan fingerprint density at radius 3 is 2.50 bits per heavy atom. The lowest BCUT2D eigenvalue weighted by atomic mass is 10.1. The molecule has 0 bridgehead atoms. The van der Waals surface area contributed by atoms with E-state index in [0.717, 1.165) is 37.8 Å². The Morgan fingerprint density at radius 1 is 1.15 bits per heavy atom. The van der Waals surface area contributed by atoms with Crippen molar-refractivity contribution >= 4 is 5.95 Å². The average molecular weight is 268 g/mol. The average Bonchev–Trinajstić information content (AvgIpc) is 3.04. The Morgan fingerprint density at radius 2 is 1.90 bits per heavy atom. The number of aromatic amines is 1. The number of nitriles is 1. The van der Waals surface area contributed by atoms with Crippen LogP contribution in [-0.2, 0) is 0 Å². The normalized spacial score (nSPS) is 17.6. The molecule has 20 heavy (non-hydrogen) atoms. The van der Waals surface area contributed by atoms with Crippen LogP contribution in [0, 0.1) is 11.3 Å². The zero-order chi connectivity index (χ0) is 13.8. The summed E-state index contributed by atoms with van der Waals surface area (Å²) in [6.07, 6.45) is 5.37. The fraction of sp³-hybridized carbons (Fsp3) is 0.357. The van der Waals surface area contributed by atoms with E-state index in [1.807, 2.05) is 24.4 Å². The minimum Gasteiger partial charge on any atom is -0.363 e. The van der Waals surface area contributed by atoms with Crippen molar-refractivity contribution in [2.45, 2.75) is 6.04 Å². The van der Waals surface area contributed by atoms with Gasteiger partial charge in [-0.1, -0.05) is 0 Å². The third-order valence-electron chi connectivity index (χ3n) is 3.55. The van der Waals surface area contributed by atoms with Gasteiger partial charge in [-0.15, -0.1) is 0 Å². The van der Waals surface area contributed by atoms with Gasteiger partial charge in [0.25, 0.3) is 0 Å². The van der Waals surface area contributed by atoms with Crippen molar-refractivity contribution in [2.75, 3.05) is 31.1 Å². The van der Waals surface area contributed by atoms with Crippen LogP contribution in [0.1, 0.15) is 11.7 Å². The summed E-state index contributed by atoms with van der Waals surface area (Å²) >= 11 is 0. The van der Waals surface area contributed by atoms with Crippen molar-refractivity contribution in [2.24, 2.45) is 0 Å². The minimum absolute atomic E-state index is 0.205. The second kappa shape index (κ2) is 5.72. The summed E-state index contributed by atoms with van der Waals surface area (Å²) < 4.78 is 0. The predicted octanol–water partition coefficient (Wildman–Crippen LogP) is 1.19. The van der Waals surface area contributed by atoms with Gasteiger partial charge in [-0.2, -0.15) is 5.26 Å². The molecule has 1 aliphatic heterocycles. The molecule has 1 aliphatic rings. The standard InChI is InChI=1S/C14H16N6/c15-11-13(12-3-1-4-16-12)19-7-9-20(10-8-19)14-17-5-2-6-18-14/h1-6,13,16H,7-10H2. The third-order valence-corrected chi connectivity index (χ3v) is 3.55. The van der Waals surface area contributed by atoms with Crippen molar-refractivity contribution < 1.29 is 0 Å². The van der Waals surface area contributed by atoms with Gasteiger partial charge in [0.1, 0.15) is 6.04 Å². The molecular weight excluding hydrogens is 252 g/mol. The van der Waals surface area contributed by atoms with Gasteiger partial charge in [-0.05, 0) is 18.2 Å². The first-order chi connectivity index (χ1) is 9.88. The highest BCUT2D eigenvalue weighted by Crippen LogP contribution is 2.21. The quantitative estimate of drug-likeness (QED) is 0.905. The number of rotatable bonds is 3. The van der Waals surface area contributed by atoms with Crippen LogP contribution in [0.3, 0.4) is 0 Å².